The molecule has 6 rings (SSSR count). The topological polar surface area (TPSA) is 16.8 Å². The Bertz CT molecular complexity index is 1440. The molecule has 0 radical (unpaired) electrons. The fraction of sp³-hybridized carbons (Fsp3) is 0.286. The number of hydrogen-bond acceptors (Lipinski definition) is 2. The van der Waals surface area contributed by atoms with E-state index in [0.29, 0.717) is 0 Å². The SMILES string of the molecule is Cc1ccccc1-c1c2sc3c4ccc(C5CCCCC5)cc4cnc3c2cc[n+]1C. The van der Waals surface area contributed by atoms with Crippen LogP contribution < -0.4 is 4.57 Å². The van der Waals surface area contributed by atoms with E-state index in [-0.39, 0.29) is 0 Å². The maximum absolute atomic E-state index is 4.97. The quantitative estimate of drug-likeness (QED) is 0.269. The van der Waals surface area contributed by atoms with E-state index >= 15 is 0 Å². The van der Waals surface area contributed by atoms with Gasteiger partial charge in [-0.1, -0.05) is 49.6 Å². The number of aromatic nitrogens is 2. The molecule has 0 atom stereocenters. The average Bonchev–Trinajstić information content (AvgIpc) is 3.19. The van der Waals surface area contributed by atoms with E-state index in [2.05, 4.69) is 79.5 Å². The van der Waals surface area contributed by atoms with Crippen molar-refractivity contribution >= 4 is 42.4 Å². The zero-order valence-electron chi connectivity index (χ0n) is 18.2. The summed E-state index contributed by atoms with van der Waals surface area (Å²) in [5, 5.41) is 3.88. The van der Waals surface area contributed by atoms with Crippen LogP contribution in [-0.4, -0.2) is 4.98 Å². The van der Waals surface area contributed by atoms with Gasteiger partial charge in [-0.15, -0.1) is 11.3 Å². The summed E-state index contributed by atoms with van der Waals surface area (Å²) in [5.74, 6) is 0.725. The first-order chi connectivity index (χ1) is 15.2. The van der Waals surface area contributed by atoms with Crippen molar-refractivity contribution in [2.75, 3.05) is 0 Å². The third-order valence-electron chi connectivity index (χ3n) is 7.08. The summed E-state index contributed by atoms with van der Waals surface area (Å²) in [5.41, 5.74) is 6.52. The first-order valence-corrected chi connectivity index (χ1v) is 12.2. The van der Waals surface area contributed by atoms with Gasteiger partial charge in [-0.3, -0.25) is 4.98 Å². The lowest BCUT2D eigenvalue weighted by Gasteiger charge is -2.22. The largest absolute Gasteiger partial charge is 0.254 e. The molecule has 0 N–H and O–H groups in total. The molecule has 1 saturated carbocycles. The Balaban J connectivity index is 1.59. The molecule has 154 valence electrons. The molecule has 31 heavy (non-hydrogen) atoms. The highest BCUT2D eigenvalue weighted by molar-refractivity contribution is 7.27. The molecule has 0 amide bonds. The number of aryl methyl sites for hydroxylation is 2. The molecule has 0 bridgehead atoms. The number of nitrogens with zero attached hydrogens (tertiary/aromatic N) is 2. The first kappa shape index (κ1) is 18.9. The first-order valence-electron chi connectivity index (χ1n) is 11.4. The Hall–Kier alpha value is -2.78. The highest BCUT2D eigenvalue weighted by Crippen LogP contribution is 2.42. The second-order valence-corrected chi connectivity index (χ2v) is 10.1. The van der Waals surface area contributed by atoms with Crippen LogP contribution in [-0.2, 0) is 7.05 Å². The molecule has 2 nitrogen and oxygen atoms in total. The average molecular weight is 424 g/mol. The number of fused-ring (bicyclic) bond motifs is 5. The Morgan fingerprint density at radius 2 is 1.77 bits per heavy atom. The van der Waals surface area contributed by atoms with Gasteiger partial charge in [-0.2, -0.15) is 4.57 Å². The predicted molar refractivity (Wildman–Crippen MR) is 132 cm³/mol. The monoisotopic (exact) mass is 423 g/mol. The summed E-state index contributed by atoms with van der Waals surface area (Å²) in [6.45, 7) is 2.20. The molecule has 3 aromatic heterocycles. The van der Waals surface area contributed by atoms with Crippen LogP contribution in [0, 0.1) is 6.92 Å². The van der Waals surface area contributed by atoms with E-state index < -0.39 is 0 Å². The molecule has 0 unspecified atom stereocenters. The summed E-state index contributed by atoms with van der Waals surface area (Å²) in [4.78, 5) is 4.97. The van der Waals surface area contributed by atoms with Crippen molar-refractivity contribution in [2.24, 2.45) is 7.05 Å². The van der Waals surface area contributed by atoms with E-state index in [1.54, 1.807) is 0 Å². The van der Waals surface area contributed by atoms with Crippen molar-refractivity contribution in [2.45, 2.75) is 44.9 Å². The van der Waals surface area contributed by atoms with Crippen molar-refractivity contribution in [1.82, 2.24) is 4.98 Å². The third kappa shape index (κ3) is 3.06. The van der Waals surface area contributed by atoms with E-state index in [0.717, 1.165) is 11.4 Å². The van der Waals surface area contributed by atoms with Crippen molar-refractivity contribution in [3.8, 4) is 11.3 Å². The van der Waals surface area contributed by atoms with Gasteiger partial charge in [0.05, 0.1) is 15.8 Å². The molecular weight excluding hydrogens is 396 g/mol. The van der Waals surface area contributed by atoms with Gasteiger partial charge in [0.15, 0.2) is 6.20 Å². The molecule has 0 aliphatic heterocycles. The second-order valence-electron chi connectivity index (χ2n) is 9.05. The Morgan fingerprint density at radius 3 is 2.61 bits per heavy atom. The fourth-order valence-electron chi connectivity index (χ4n) is 5.37. The maximum atomic E-state index is 4.97. The number of hydrogen-bond donors (Lipinski definition) is 0. The number of thiophene rings is 1. The maximum Gasteiger partial charge on any atom is 0.230 e. The molecule has 1 aliphatic carbocycles. The Kier molecular flexibility index (Phi) is 4.53. The number of rotatable bonds is 2. The highest BCUT2D eigenvalue weighted by atomic mass is 32.1. The highest BCUT2D eigenvalue weighted by Gasteiger charge is 2.22. The number of pyridine rings is 2. The smallest absolute Gasteiger partial charge is 0.230 e. The normalized spacial score (nSPS) is 15.3. The molecule has 1 fully saturated rings. The van der Waals surface area contributed by atoms with Crippen molar-refractivity contribution in [3.05, 3.63) is 72.1 Å². The van der Waals surface area contributed by atoms with Crippen LogP contribution in [0.2, 0.25) is 0 Å². The molecule has 5 aromatic rings. The van der Waals surface area contributed by atoms with E-state index in [1.807, 2.05) is 11.3 Å². The zero-order valence-corrected chi connectivity index (χ0v) is 19.0. The Morgan fingerprint density at radius 1 is 0.935 bits per heavy atom. The van der Waals surface area contributed by atoms with Gasteiger partial charge in [0.1, 0.15) is 11.7 Å². The fourth-order valence-corrected chi connectivity index (χ4v) is 6.75. The van der Waals surface area contributed by atoms with Crippen LogP contribution in [0.15, 0.2) is 60.9 Å². The molecule has 1 aliphatic rings. The molecule has 2 aromatic carbocycles. The summed E-state index contributed by atoms with van der Waals surface area (Å²) in [6.07, 6.45) is 11.1. The third-order valence-corrected chi connectivity index (χ3v) is 8.32. The minimum Gasteiger partial charge on any atom is -0.254 e. The number of benzene rings is 2. The minimum atomic E-state index is 0.725. The van der Waals surface area contributed by atoms with Gasteiger partial charge in [0.25, 0.3) is 0 Å². The van der Waals surface area contributed by atoms with Gasteiger partial charge in [0, 0.05) is 28.4 Å². The summed E-state index contributed by atoms with van der Waals surface area (Å²) in [6, 6.07) is 18.0. The van der Waals surface area contributed by atoms with Gasteiger partial charge in [-0.25, -0.2) is 0 Å². The van der Waals surface area contributed by atoms with Crippen molar-refractivity contribution in [3.63, 3.8) is 0 Å². The van der Waals surface area contributed by atoms with Crippen LogP contribution >= 0.6 is 11.3 Å². The lowest BCUT2D eigenvalue weighted by Crippen LogP contribution is -2.30. The summed E-state index contributed by atoms with van der Waals surface area (Å²) >= 11 is 1.89. The van der Waals surface area contributed by atoms with E-state index in [1.165, 1.54) is 80.0 Å². The molecular formula is C28H27N2S+. The standard InChI is InChI=1S/C28H27N2S/c1-18-8-6-7-11-22(18)26-28-24(14-15-30(26)2)25-27(31-28)23-13-12-20(16-21(23)17-29-25)19-9-4-3-5-10-19/h6-8,11-17,19H,3-5,9-10H2,1-2H3/q+1. The van der Waals surface area contributed by atoms with Crippen LogP contribution in [0.3, 0.4) is 0 Å². The zero-order chi connectivity index (χ0) is 20.9. The van der Waals surface area contributed by atoms with Gasteiger partial charge in [0.2, 0.25) is 5.69 Å². The molecule has 0 spiro atoms. The molecule has 3 heteroatoms. The predicted octanol–water partition coefficient (Wildman–Crippen LogP) is 7.45. The summed E-state index contributed by atoms with van der Waals surface area (Å²) < 4.78 is 4.89. The van der Waals surface area contributed by atoms with Gasteiger partial charge < -0.3 is 0 Å². The molecule has 0 saturated heterocycles. The Labute approximate surface area is 187 Å². The van der Waals surface area contributed by atoms with Crippen LogP contribution in [0.25, 0.3) is 42.3 Å². The van der Waals surface area contributed by atoms with Crippen LogP contribution in [0.5, 0.6) is 0 Å². The van der Waals surface area contributed by atoms with Gasteiger partial charge >= 0.3 is 0 Å². The lowest BCUT2D eigenvalue weighted by atomic mass is 9.83. The summed E-state index contributed by atoms with van der Waals surface area (Å²) in [7, 11) is 2.15. The minimum absolute atomic E-state index is 0.725. The van der Waals surface area contributed by atoms with Gasteiger partial charge in [-0.05, 0) is 48.9 Å². The van der Waals surface area contributed by atoms with Crippen molar-refractivity contribution in [1.29, 1.82) is 0 Å². The molecule has 3 heterocycles. The van der Waals surface area contributed by atoms with E-state index in [9.17, 15) is 0 Å². The van der Waals surface area contributed by atoms with Crippen LogP contribution in [0.1, 0.15) is 49.1 Å². The lowest BCUT2D eigenvalue weighted by molar-refractivity contribution is -0.659. The van der Waals surface area contributed by atoms with E-state index in [4.69, 9.17) is 4.98 Å². The van der Waals surface area contributed by atoms with Crippen molar-refractivity contribution < 1.29 is 4.57 Å². The second kappa shape index (κ2) is 7.42. The van der Waals surface area contributed by atoms with Crippen LogP contribution in [0.4, 0.5) is 0 Å².